The third kappa shape index (κ3) is 3.69. The van der Waals surface area contributed by atoms with Crippen LogP contribution in [0, 0.1) is 11.3 Å². The molecule has 3 atom stereocenters. The van der Waals surface area contributed by atoms with Crippen molar-refractivity contribution in [2.75, 3.05) is 44.2 Å². The maximum atomic E-state index is 14.1. The largest absolute Gasteiger partial charge is 0.414 e. The van der Waals surface area contributed by atoms with E-state index in [-0.39, 0.29) is 6.42 Å². The zero-order valence-corrected chi connectivity index (χ0v) is 16.4. The summed E-state index contributed by atoms with van der Waals surface area (Å²) in [6.45, 7) is 6.71. The smallest absolute Gasteiger partial charge is 0.369 e. The second-order valence-electron chi connectivity index (χ2n) is 8.02. The molecule has 1 aromatic rings. The molecule has 0 radical (unpaired) electrons. The number of urea groups is 1. The third-order valence-electron chi connectivity index (χ3n) is 6.38. The van der Waals surface area contributed by atoms with Crippen molar-refractivity contribution in [2.24, 2.45) is 5.73 Å². The number of primary amides is 1. The molecule has 2 amide bonds. The number of hydrogen-bond donors (Lipinski definition) is 1. The van der Waals surface area contributed by atoms with E-state index in [4.69, 9.17) is 11.0 Å². The first-order chi connectivity index (χ1) is 13.2. The summed E-state index contributed by atoms with van der Waals surface area (Å²) in [5, 5.41) is 8.80. The van der Waals surface area contributed by atoms with Crippen molar-refractivity contribution < 1.29 is 18.1 Å². The van der Waals surface area contributed by atoms with Crippen molar-refractivity contribution >= 4 is 11.7 Å². The number of quaternary nitrogens is 1. The Morgan fingerprint density at radius 2 is 1.93 bits per heavy atom. The molecule has 0 aliphatic carbocycles. The number of nitriles is 1. The van der Waals surface area contributed by atoms with Crippen molar-refractivity contribution in [3.8, 4) is 6.07 Å². The Morgan fingerprint density at radius 1 is 1.32 bits per heavy atom. The molecule has 0 bridgehead atoms. The summed E-state index contributed by atoms with van der Waals surface area (Å²) in [5.41, 5.74) is 7.51. The lowest BCUT2D eigenvalue weighted by Crippen LogP contribution is -2.59. The lowest BCUT2D eigenvalue weighted by molar-refractivity contribution is -0.891. The molecule has 2 aliphatic rings. The molecule has 2 heterocycles. The second kappa shape index (κ2) is 7.64. The average molecular weight is 392 g/mol. The highest BCUT2D eigenvalue weighted by Gasteiger charge is 2.60. The molecule has 1 aromatic carbocycles. The number of carbonyl (C=O) groups excluding carboxylic acids is 1. The maximum absolute atomic E-state index is 14.1. The van der Waals surface area contributed by atoms with Crippen LogP contribution in [0.3, 0.4) is 0 Å². The number of rotatable bonds is 4. The topological polar surface area (TPSA) is 73.4 Å². The number of carbonyl (C=O) groups is 1. The Bertz CT molecular complexity index is 755. The van der Waals surface area contributed by atoms with E-state index in [0.717, 1.165) is 37.4 Å². The molecule has 28 heavy (non-hydrogen) atoms. The zero-order chi connectivity index (χ0) is 20.5. The fraction of sp³-hybridized carbons (Fsp3) is 0.600. The van der Waals surface area contributed by atoms with Gasteiger partial charge in [0.1, 0.15) is 12.1 Å². The number of hydrogen-bond acceptors (Lipinski definition) is 4. The van der Waals surface area contributed by atoms with Gasteiger partial charge < -0.3 is 10.6 Å². The predicted octanol–water partition coefficient (Wildman–Crippen LogP) is 2.72. The van der Waals surface area contributed by atoms with Gasteiger partial charge >= 0.3 is 12.0 Å². The van der Waals surface area contributed by atoms with Crippen LogP contribution in [0.5, 0.6) is 0 Å². The number of piperazine rings is 1. The minimum absolute atomic E-state index is 0.328. The summed E-state index contributed by atoms with van der Waals surface area (Å²) in [6, 6.07) is 8.27. The minimum atomic E-state index is -2.88. The fourth-order valence-corrected chi connectivity index (χ4v) is 4.70. The Balaban J connectivity index is 1.76. The predicted molar refractivity (Wildman–Crippen MR) is 103 cm³/mol. The van der Waals surface area contributed by atoms with Gasteiger partial charge in [-0.1, -0.05) is 12.1 Å². The molecule has 0 spiro atoms. The summed E-state index contributed by atoms with van der Waals surface area (Å²) < 4.78 is 27.7. The molecule has 8 heteroatoms. The SMILES string of the molecule is C[C@@H]1CC(F)(F)C[N+]1(C(N)=O)[C@@H](C)c1ccc(N2CCN(CC#N)CC2)cc1. The van der Waals surface area contributed by atoms with Crippen LogP contribution in [0.25, 0.3) is 0 Å². The number of halogens is 2. The Kier molecular flexibility index (Phi) is 5.60. The molecule has 2 aliphatic heterocycles. The molecule has 1 unspecified atom stereocenters. The molecule has 0 saturated carbocycles. The van der Waals surface area contributed by atoms with Gasteiger partial charge in [-0.05, 0) is 26.0 Å². The molecule has 2 N–H and O–H groups in total. The van der Waals surface area contributed by atoms with Crippen LogP contribution in [-0.2, 0) is 0 Å². The lowest BCUT2D eigenvalue weighted by atomic mass is 10.0. The van der Waals surface area contributed by atoms with Gasteiger partial charge in [-0.3, -0.25) is 4.90 Å². The molecule has 3 rings (SSSR count). The van der Waals surface area contributed by atoms with Crippen LogP contribution in [0.1, 0.15) is 31.9 Å². The first-order valence-electron chi connectivity index (χ1n) is 9.69. The standard InChI is InChI=1S/C20H27F2N5O/c1-15-13-20(21,22)14-27(15,19(24)28)16(2)17-3-5-18(6-4-17)26-11-9-25(8-7-23)10-12-26/h3-6,15-16H,8-14H2,1-2H3,(H-,24,28)/p+1/t15-,16+,27?/m1/s1. The van der Waals surface area contributed by atoms with Crippen molar-refractivity contribution in [3.05, 3.63) is 29.8 Å². The van der Waals surface area contributed by atoms with Crippen molar-refractivity contribution in [1.82, 2.24) is 4.90 Å². The number of nitrogens with zero attached hydrogens (tertiary/aromatic N) is 4. The van der Waals surface area contributed by atoms with E-state index in [1.54, 1.807) is 13.8 Å². The average Bonchev–Trinajstić information content (AvgIpc) is 2.92. The van der Waals surface area contributed by atoms with E-state index in [1.165, 1.54) is 0 Å². The van der Waals surface area contributed by atoms with Crippen LogP contribution in [0.15, 0.2) is 24.3 Å². The highest BCUT2D eigenvalue weighted by Crippen LogP contribution is 2.44. The zero-order valence-electron chi connectivity index (χ0n) is 16.4. The highest BCUT2D eigenvalue weighted by atomic mass is 19.3. The molecule has 2 fully saturated rings. The maximum Gasteiger partial charge on any atom is 0.414 e. The molecule has 6 nitrogen and oxygen atoms in total. The van der Waals surface area contributed by atoms with E-state index in [2.05, 4.69) is 15.9 Å². The fourth-order valence-electron chi connectivity index (χ4n) is 4.70. The van der Waals surface area contributed by atoms with Crippen LogP contribution in [-0.4, -0.2) is 66.6 Å². The van der Waals surface area contributed by atoms with Gasteiger partial charge in [0.2, 0.25) is 0 Å². The van der Waals surface area contributed by atoms with Gasteiger partial charge in [-0.25, -0.2) is 18.1 Å². The summed E-state index contributed by atoms with van der Waals surface area (Å²) in [4.78, 5) is 16.6. The van der Waals surface area contributed by atoms with E-state index in [1.807, 2.05) is 24.3 Å². The van der Waals surface area contributed by atoms with Crippen LogP contribution in [0.4, 0.5) is 19.3 Å². The minimum Gasteiger partial charge on any atom is -0.369 e. The van der Waals surface area contributed by atoms with Gasteiger partial charge in [0, 0.05) is 37.4 Å². The van der Waals surface area contributed by atoms with Gasteiger partial charge in [0.25, 0.3) is 0 Å². The summed E-state index contributed by atoms with van der Waals surface area (Å²) >= 11 is 0. The number of nitrogens with two attached hydrogens (primary N) is 1. The van der Waals surface area contributed by atoms with Gasteiger partial charge in [-0.15, -0.1) is 0 Å². The number of amides is 2. The van der Waals surface area contributed by atoms with E-state index in [9.17, 15) is 13.6 Å². The van der Waals surface area contributed by atoms with Gasteiger partial charge in [0.05, 0.1) is 19.0 Å². The number of alkyl halides is 2. The Morgan fingerprint density at radius 3 is 2.39 bits per heavy atom. The van der Waals surface area contributed by atoms with Gasteiger partial charge in [-0.2, -0.15) is 5.26 Å². The van der Waals surface area contributed by atoms with E-state index in [0.29, 0.717) is 6.54 Å². The lowest BCUT2D eigenvalue weighted by Gasteiger charge is -2.39. The number of likely N-dealkylation sites (tertiary alicyclic amines) is 1. The van der Waals surface area contributed by atoms with E-state index >= 15 is 0 Å². The molecule has 152 valence electrons. The first-order valence-corrected chi connectivity index (χ1v) is 9.69. The highest BCUT2D eigenvalue weighted by molar-refractivity contribution is 5.65. The van der Waals surface area contributed by atoms with E-state index < -0.39 is 35.1 Å². The second-order valence-corrected chi connectivity index (χ2v) is 8.02. The molecular weight excluding hydrogens is 364 g/mol. The monoisotopic (exact) mass is 392 g/mol. The Hall–Kier alpha value is -2.24. The van der Waals surface area contributed by atoms with Crippen molar-refractivity contribution in [2.45, 2.75) is 38.3 Å². The molecular formula is C20H28F2N5O+. The van der Waals surface area contributed by atoms with Crippen LogP contribution < -0.4 is 10.6 Å². The Labute approximate surface area is 164 Å². The van der Waals surface area contributed by atoms with Crippen LogP contribution >= 0.6 is 0 Å². The third-order valence-corrected chi connectivity index (χ3v) is 6.38. The normalized spacial score (nSPS) is 28.7. The molecule has 0 aromatic heterocycles. The van der Waals surface area contributed by atoms with Gasteiger partial charge in [0.15, 0.2) is 6.54 Å². The summed E-state index contributed by atoms with van der Waals surface area (Å²) in [7, 11) is 0. The van der Waals surface area contributed by atoms with Crippen molar-refractivity contribution in [1.29, 1.82) is 5.26 Å². The quantitative estimate of drug-likeness (QED) is 0.632. The number of anilines is 1. The first kappa shape index (κ1) is 20.5. The van der Waals surface area contributed by atoms with Crippen LogP contribution in [0.2, 0.25) is 0 Å². The molecule has 2 saturated heterocycles. The number of benzene rings is 1. The summed E-state index contributed by atoms with van der Waals surface area (Å²) in [6.07, 6.45) is -0.328. The summed E-state index contributed by atoms with van der Waals surface area (Å²) in [5.74, 6) is -2.88. The van der Waals surface area contributed by atoms with Crippen molar-refractivity contribution in [3.63, 3.8) is 0 Å².